The Morgan fingerprint density at radius 3 is 1.89 bits per heavy atom. The van der Waals surface area contributed by atoms with E-state index in [1.807, 2.05) is 29.5 Å². The zero-order valence-electron chi connectivity index (χ0n) is 17.4. The molecule has 136 valence electrons. The molecular formula is C17H25B5N2O3. The number of hydrogen-bond acceptors (Lipinski definition) is 4. The topological polar surface area (TPSA) is 73.6 Å². The molecule has 2 aromatic carbocycles. The lowest BCUT2D eigenvalue weighted by molar-refractivity contribution is 0.102. The number of nitrogen functional groups attached to an aromatic ring is 1. The quantitative estimate of drug-likeness (QED) is 0.399. The Labute approximate surface area is 165 Å². The highest BCUT2D eigenvalue weighted by atomic mass is 16.5. The third-order valence-electron chi connectivity index (χ3n) is 5.19. The number of anilines is 2. The van der Waals surface area contributed by atoms with Gasteiger partial charge in [-0.25, -0.2) is 0 Å². The van der Waals surface area contributed by atoms with Crippen molar-refractivity contribution in [3.63, 3.8) is 0 Å². The summed E-state index contributed by atoms with van der Waals surface area (Å²) in [7, 11) is 10.2. The van der Waals surface area contributed by atoms with Crippen molar-refractivity contribution in [1.82, 2.24) is 0 Å². The Morgan fingerprint density at radius 1 is 0.889 bits per heavy atom. The van der Waals surface area contributed by atoms with Crippen molar-refractivity contribution in [3.05, 3.63) is 17.7 Å². The predicted molar refractivity (Wildman–Crippen MR) is 128 cm³/mol. The Balaban J connectivity index is 2.51. The van der Waals surface area contributed by atoms with E-state index in [9.17, 15) is 4.79 Å². The molecule has 0 saturated heterocycles. The number of ether oxygens (including phenoxy) is 2. The Kier molecular flexibility index (Phi) is 6.63. The Hall–Kier alpha value is -2.37. The third-order valence-corrected chi connectivity index (χ3v) is 5.19. The van der Waals surface area contributed by atoms with Gasteiger partial charge in [-0.05, 0) is 13.8 Å². The Bertz CT molecular complexity index is 861. The van der Waals surface area contributed by atoms with Gasteiger partial charge in [-0.2, -0.15) is 0 Å². The molecule has 0 saturated carbocycles. The summed E-state index contributed by atoms with van der Waals surface area (Å²) < 4.78 is 11.2. The van der Waals surface area contributed by atoms with Crippen LogP contribution in [0.15, 0.2) is 12.1 Å². The molecule has 0 aromatic heterocycles. The second kappa shape index (κ2) is 8.55. The van der Waals surface area contributed by atoms with Crippen LogP contribution >= 0.6 is 0 Å². The van der Waals surface area contributed by atoms with Crippen LogP contribution in [-0.2, 0) is 0 Å². The molecule has 0 spiro atoms. The summed E-state index contributed by atoms with van der Waals surface area (Å²) in [6, 6.07) is 3.41. The minimum Gasteiger partial charge on any atom is -0.492 e. The summed E-state index contributed by atoms with van der Waals surface area (Å²) in [6.07, 6.45) is 0. The molecule has 27 heavy (non-hydrogen) atoms. The van der Waals surface area contributed by atoms with E-state index < -0.39 is 0 Å². The molecule has 0 atom stereocenters. The number of nitrogens with two attached hydrogens (primary N) is 1. The molecule has 0 unspecified atom stereocenters. The normalized spacial score (nSPS) is 10.4. The average Bonchev–Trinajstić information content (AvgIpc) is 2.62. The van der Waals surface area contributed by atoms with Crippen molar-refractivity contribution in [3.8, 4) is 11.5 Å². The minimum absolute atomic E-state index is 0.163. The Morgan fingerprint density at radius 2 is 1.37 bits per heavy atom. The zero-order chi connectivity index (χ0) is 20.3. The molecule has 0 radical (unpaired) electrons. The standard InChI is InChI=1S/C17H25B5N2O3/c1-3-26-9-6-8(10(27-4-2)5-7(9)23)24-17(25)11-12(18)14(20)16(22)15(21)13(11)19/h5-6H,3-4,18-23H2,1-2H3,(H,24,25). The first-order chi connectivity index (χ1) is 12.7. The summed E-state index contributed by atoms with van der Waals surface area (Å²) in [5.41, 5.74) is 13.3. The van der Waals surface area contributed by atoms with Crippen molar-refractivity contribution < 1.29 is 14.3 Å². The highest BCUT2D eigenvalue weighted by molar-refractivity contribution is 6.68. The maximum Gasteiger partial charge on any atom is 0.254 e. The van der Waals surface area contributed by atoms with Gasteiger partial charge in [0.05, 0.1) is 24.6 Å². The summed E-state index contributed by atoms with van der Waals surface area (Å²) in [4.78, 5) is 13.1. The van der Waals surface area contributed by atoms with Gasteiger partial charge in [0, 0.05) is 17.7 Å². The number of amides is 1. The number of rotatable bonds is 6. The van der Waals surface area contributed by atoms with Crippen LogP contribution in [0.5, 0.6) is 11.5 Å². The van der Waals surface area contributed by atoms with Gasteiger partial charge in [0.2, 0.25) is 0 Å². The fourth-order valence-electron chi connectivity index (χ4n) is 3.25. The van der Waals surface area contributed by atoms with Crippen LogP contribution < -0.4 is 47.8 Å². The first-order valence-electron chi connectivity index (χ1n) is 9.30. The fourth-order valence-corrected chi connectivity index (χ4v) is 3.25. The van der Waals surface area contributed by atoms with E-state index in [1.54, 1.807) is 12.1 Å². The van der Waals surface area contributed by atoms with Gasteiger partial charge in [-0.1, -0.05) is 10.9 Å². The smallest absolute Gasteiger partial charge is 0.254 e. The highest BCUT2D eigenvalue weighted by Gasteiger charge is 2.19. The lowest BCUT2D eigenvalue weighted by Crippen LogP contribution is -2.57. The lowest BCUT2D eigenvalue weighted by atomic mass is 9.60. The van der Waals surface area contributed by atoms with Crippen LogP contribution in [0.2, 0.25) is 0 Å². The molecular weight excluding hydrogens is 334 g/mol. The van der Waals surface area contributed by atoms with Crippen LogP contribution in [0.25, 0.3) is 0 Å². The van der Waals surface area contributed by atoms with E-state index in [1.165, 1.54) is 5.46 Å². The van der Waals surface area contributed by atoms with Gasteiger partial charge in [0.15, 0.2) is 0 Å². The van der Waals surface area contributed by atoms with E-state index in [-0.39, 0.29) is 5.91 Å². The van der Waals surface area contributed by atoms with Crippen LogP contribution in [-0.4, -0.2) is 58.4 Å². The summed E-state index contributed by atoms with van der Waals surface area (Å²) in [5, 5.41) is 2.99. The van der Waals surface area contributed by atoms with Crippen molar-refractivity contribution in [2.45, 2.75) is 13.8 Å². The van der Waals surface area contributed by atoms with Crippen LogP contribution in [0, 0.1) is 0 Å². The maximum absolute atomic E-state index is 13.1. The zero-order valence-corrected chi connectivity index (χ0v) is 17.4. The van der Waals surface area contributed by atoms with Gasteiger partial charge >= 0.3 is 0 Å². The molecule has 10 heteroatoms. The van der Waals surface area contributed by atoms with Crippen molar-refractivity contribution in [2.24, 2.45) is 0 Å². The van der Waals surface area contributed by atoms with Gasteiger partial charge in [-0.15, -0.1) is 16.4 Å². The number of carbonyl (C=O) groups is 1. The second-order valence-electron chi connectivity index (χ2n) is 6.71. The first-order valence-corrected chi connectivity index (χ1v) is 9.30. The monoisotopic (exact) mass is 360 g/mol. The minimum atomic E-state index is -0.163. The molecule has 0 bridgehead atoms. The highest BCUT2D eigenvalue weighted by Crippen LogP contribution is 2.35. The predicted octanol–water partition coefficient (Wildman–Crippen LogP) is -5.39. The largest absolute Gasteiger partial charge is 0.492 e. The van der Waals surface area contributed by atoms with Crippen LogP contribution in [0.3, 0.4) is 0 Å². The molecule has 2 rings (SSSR count). The molecule has 0 heterocycles. The summed E-state index contributed by atoms with van der Waals surface area (Å²) in [6.45, 7) is 4.73. The SMILES string of the molecule is Bc1c(B)c(B)c(C(=O)Nc2cc(OCC)c(N)cc2OCC)c(B)c1B. The first kappa shape index (κ1) is 20.9. The molecule has 3 N–H and O–H groups in total. The number of nitrogens with one attached hydrogen (secondary N) is 1. The second-order valence-corrected chi connectivity index (χ2v) is 6.71. The van der Waals surface area contributed by atoms with Gasteiger partial charge in [-0.3, -0.25) is 4.79 Å². The summed E-state index contributed by atoms with van der Waals surface area (Å²) in [5.74, 6) is 0.896. The molecule has 5 nitrogen and oxygen atoms in total. The van der Waals surface area contributed by atoms with Crippen molar-refractivity contribution in [2.75, 3.05) is 24.3 Å². The third kappa shape index (κ3) is 4.15. The van der Waals surface area contributed by atoms with E-state index in [0.29, 0.717) is 41.7 Å². The fraction of sp³-hybridized carbons (Fsp3) is 0.235. The number of carbonyl (C=O) groups excluding carboxylic acids is 1. The van der Waals surface area contributed by atoms with E-state index >= 15 is 0 Å². The molecule has 2 aromatic rings. The van der Waals surface area contributed by atoms with E-state index in [2.05, 4.69) is 28.9 Å². The average molecular weight is 359 g/mol. The molecule has 0 fully saturated rings. The summed E-state index contributed by atoms with van der Waals surface area (Å²) >= 11 is 0. The van der Waals surface area contributed by atoms with Gasteiger partial charge < -0.3 is 20.5 Å². The molecule has 0 aliphatic carbocycles. The van der Waals surface area contributed by atoms with E-state index in [0.717, 1.165) is 21.9 Å². The van der Waals surface area contributed by atoms with E-state index in [4.69, 9.17) is 15.2 Å². The van der Waals surface area contributed by atoms with Gasteiger partial charge in [0.25, 0.3) is 5.91 Å². The lowest BCUT2D eigenvalue weighted by Gasteiger charge is -2.21. The number of benzene rings is 2. The molecule has 0 aliphatic heterocycles. The number of hydrogen-bond donors (Lipinski definition) is 2. The van der Waals surface area contributed by atoms with Crippen molar-refractivity contribution in [1.29, 1.82) is 0 Å². The van der Waals surface area contributed by atoms with Crippen molar-refractivity contribution >= 4 is 83.8 Å². The van der Waals surface area contributed by atoms with Gasteiger partial charge in [0.1, 0.15) is 50.7 Å². The maximum atomic E-state index is 13.1. The van der Waals surface area contributed by atoms with Crippen LogP contribution in [0.1, 0.15) is 24.2 Å². The molecule has 1 amide bonds. The van der Waals surface area contributed by atoms with Crippen LogP contribution in [0.4, 0.5) is 11.4 Å². The molecule has 0 aliphatic rings.